The number of nitrogens with zero attached hydrogens (tertiary/aromatic N) is 4. The van der Waals surface area contributed by atoms with Gasteiger partial charge in [0.1, 0.15) is 11.4 Å². The highest BCUT2D eigenvalue weighted by molar-refractivity contribution is 6.02. The summed E-state index contributed by atoms with van der Waals surface area (Å²) in [7, 11) is 5.27. The first-order valence-electron chi connectivity index (χ1n) is 8.42. The van der Waals surface area contributed by atoms with Crippen molar-refractivity contribution in [3.8, 4) is 17.0 Å². The maximum absolute atomic E-state index is 12.6. The topological polar surface area (TPSA) is 74.0 Å². The third kappa shape index (κ3) is 3.33. The van der Waals surface area contributed by atoms with Gasteiger partial charge in [0.2, 0.25) is 5.95 Å². The molecule has 2 heterocycles. The molecule has 0 aliphatic heterocycles. The largest absolute Gasteiger partial charge is 0.497 e. The molecule has 0 saturated carbocycles. The number of ether oxygens (including phenoxy) is 1. The number of aryl methyl sites for hydroxylation is 1. The molecule has 7 nitrogen and oxygen atoms in total. The lowest BCUT2D eigenvalue weighted by Gasteiger charge is -2.08. The van der Waals surface area contributed by atoms with Crippen molar-refractivity contribution in [2.24, 2.45) is 14.1 Å². The Morgan fingerprint density at radius 2 is 1.88 bits per heavy atom. The molecule has 3 aromatic rings. The number of anilines is 1. The Kier molecular flexibility index (Phi) is 4.79. The van der Waals surface area contributed by atoms with Crippen molar-refractivity contribution in [2.75, 3.05) is 12.4 Å². The van der Waals surface area contributed by atoms with E-state index in [9.17, 15) is 4.79 Å². The Labute approximate surface area is 152 Å². The second-order valence-corrected chi connectivity index (χ2v) is 6.44. The van der Waals surface area contributed by atoms with Crippen LogP contribution in [-0.2, 0) is 14.1 Å². The number of amides is 1. The fraction of sp³-hybridized carbons (Fsp3) is 0.316. The molecule has 26 heavy (non-hydrogen) atoms. The highest BCUT2D eigenvalue weighted by atomic mass is 16.5. The SMILES string of the molecule is COc1ccc(-c2cnc(NC(=O)c3cc(C(C)C)nn3C)n2C)cc1. The first kappa shape index (κ1) is 17.7. The Bertz CT molecular complexity index is 922. The van der Waals surface area contributed by atoms with Crippen molar-refractivity contribution >= 4 is 11.9 Å². The van der Waals surface area contributed by atoms with Crippen LogP contribution in [0.2, 0.25) is 0 Å². The molecule has 0 atom stereocenters. The van der Waals surface area contributed by atoms with Gasteiger partial charge >= 0.3 is 0 Å². The van der Waals surface area contributed by atoms with Crippen LogP contribution in [0.15, 0.2) is 36.5 Å². The Morgan fingerprint density at radius 3 is 2.46 bits per heavy atom. The molecule has 1 amide bonds. The fourth-order valence-corrected chi connectivity index (χ4v) is 2.71. The Balaban J connectivity index is 1.82. The van der Waals surface area contributed by atoms with Crippen molar-refractivity contribution < 1.29 is 9.53 Å². The van der Waals surface area contributed by atoms with Gasteiger partial charge in [-0.25, -0.2) is 4.98 Å². The molecule has 0 aliphatic rings. The van der Waals surface area contributed by atoms with E-state index in [-0.39, 0.29) is 11.8 Å². The van der Waals surface area contributed by atoms with Gasteiger partial charge in [-0.1, -0.05) is 13.8 Å². The van der Waals surface area contributed by atoms with Crippen LogP contribution < -0.4 is 10.1 Å². The van der Waals surface area contributed by atoms with Crippen molar-refractivity contribution in [2.45, 2.75) is 19.8 Å². The van der Waals surface area contributed by atoms with Crippen LogP contribution in [0, 0.1) is 0 Å². The minimum absolute atomic E-state index is 0.234. The second-order valence-electron chi connectivity index (χ2n) is 6.44. The minimum atomic E-state index is -0.234. The molecule has 3 rings (SSSR count). The van der Waals surface area contributed by atoms with Gasteiger partial charge < -0.3 is 9.30 Å². The molecule has 0 unspecified atom stereocenters. The van der Waals surface area contributed by atoms with E-state index in [4.69, 9.17) is 4.74 Å². The lowest BCUT2D eigenvalue weighted by Crippen LogP contribution is -2.18. The summed E-state index contributed by atoms with van der Waals surface area (Å²) in [5, 5.41) is 7.24. The monoisotopic (exact) mass is 353 g/mol. The average molecular weight is 353 g/mol. The first-order chi connectivity index (χ1) is 12.4. The number of hydrogen-bond donors (Lipinski definition) is 1. The Morgan fingerprint density at radius 1 is 1.19 bits per heavy atom. The van der Waals surface area contributed by atoms with Gasteiger partial charge in [0.25, 0.3) is 5.91 Å². The van der Waals surface area contributed by atoms with E-state index in [2.05, 4.69) is 15.4 Å². The third-order valence-corrected chi connectivity index (χ3v) is 4.32. The molecule has 1 aromatic carbocycles. The quantitative estimate of drug-likeness (QED) is 0.764. The van der Waals surface area contributed by atoms with E-state index >= 15 is 0 Å². The number of rotatable bonds is 5. The minimum Gasteiger partial charge on any atom is -0.497 e. The molecule has 7 heteroatoms. The van der Waals surface area contributed by atoms with Crippen LogP contribution in [0.5, 0.6) is 5.75 Å². The number of aromatic nitrogens is 4. The average Bonchev–Trinajstić information content (AvgIpc) is 3.19. The summed E-state index contributed by atoms with van der Waals surface area (Å²) in [6.07, 6.45) is 1.74. The number of hydrogen-bond acceptors (Lipinski definition) is 4. The maximum Gasteiger partial charge on any atom is 0.276 e. The molecule has 0 aliphatic carbocycles. The number of carbonyl (C=O) groups excluding carboxylic acids is 1. The van der Waals surface area contributed by atoms with Crippen LogP contribution in [-0.4, -0.2) is 32.3 Å². The zero-order valence-electron chi connectivity index (χ0n) is 15.6. The molecular weight excluding hydrogens is 330 g/mol. The second kappa shape index (κ2) is 7.03. The van der Waals surface area contributed by atoms with Crippen molar-refractivity contribution in [3.63, 3.8) is 0 Å². The van der Waals surface area contributed by atoms with E-state index in [0.29, 0.717) is 11.6 Å². The number of benzene rings is 1. The van der Waals surface area contributed by atoms with Crippen molar-refractivity contribution in [1.29, 1.82) is 0 Å². The summed E-state index contributed by atoms with van der Waals surface area (Å²) in [6, 6.07) is 9.51. The zero-order chi connectivity index (χ0) is 18.8. The zero-order valence-corrected chi connectivity index (χ0v) is 15.6. The lowest BCUT2D eigenvalue weighted by atomic mass is 10.1. The van der Waals surface area contributed by atoms with Crippen LogP contribution in [0.3, 0.4) is 0 Å². The maximum atomic E-state index is 12.6. The Hall–Kier alpha value is -3.09. The van der Waals surface area contributed by atoms with E-state index in [1.807, 2.05) is 55.8 Å². The van der Waals surface area contributed by atoms with Crippen LogP contribution in [0.25, 0.3) is 11.3 Å². The molecule has 0 bridgehead atoms. The molecule has 2 aromatic heterocycles. The highest BCUT2D eigenvalue weighted by Gasteiger charge is 2.17. The van der Waals surface area contributed by atoms with Gasteiger partial charge in [0.15, 0.2) is 0 Å². The summed E-state index contributed by atoms with van der Waals surface area (Å²) < 4.78 is 8.63. The number of carbonyl (C=O) groups is 1. The molecule has 0 saturated heterocycles. The number of nitrogens with one attached hydrogen (secondary N) is 1. The van der Waals surface area contributed by atoms with E-state index < -0.39 is 0 Å². The van der Waals surface area contributed by atoms with Gasteiger partial charge in [-0.05, 0) is 36.2 Å². The summed E-state index contributed by atoms with van der Waals surface area (Å²) >= 11 is 0. The smallest absolute Gasteiger partial charge is 0.276 e. The van der Waals surface area contributed by atoms with E-state index in [1.165, 1.54) is 0 Å². The predicted molar refractivity (Wildman–Crippen MR) is 100 cm³/mol. The summed E-state index contributed by atoms with van der Waals surface area (Å²) in [4.78, 5) is 17.0. The van der Waals surface area contributed by atoms with Crippen molar-refractivity contribution in [3.05, 3.63) is 47.9 Å². The predicted octanol–water partition coefficient (Wildman–Crippen LogP) is 3.20. The van der Waals surface area contributed by atoms with Crippen LogP contribution in [0.4, 0.5) is 5.95 Å². The fourth-order valence-electron chi connectivity index (χ4n) is 2.71. The number of imidazole rings is 1. The van der Waals surface area contributed by atoms with Gasteiger partial charge in [-0.2, -0.15) is 5.10 Å². The van der Waals surface area contributed by atoms with Gasteiger partial charge in [-0.3, -0.25) is 14.8 Å². The van der Waals surface area contributed by atoms with Gasteiger partial charge in [0, 0.05) is 19.7 Å². The van der Waals surface area contributed by atoms with Crippen molar-refractivity contribution in [1.82, 2.24) is 19.3 Å². The molecular formula is C19H23N5O2. The van der Waals surface area contributed by atoms with E-state index in [0.717, 1.165) is 22.7 Å². The standard InChI is InChI=1S/C19H23N5O2/c1-12(2)15-10-16(24(4)22-15)18(25)21-19-20-11-17(23(19)3)13-6-8-14(26-5)9-7-13/h6-12H,1-5H3,(H,20,21,25). The summed E-state index contributed by atoms with van der Waals surface area (Å²) in [5.74, 6) is 1.30. The van der Waals surface area contributed by atoms with Gasteiger partial charge in [0.05, 0.1) is 24.7 Å². The van der Waals surface area contributed by atoms with E-state index in [1.54, 1.807) is 25.0 Å². The molecule has 136 valence electrons. The normalized spacial score (nSPS) is 11.0. The third-order valence-electron chi connectivity index (χ3n) is 4.32. The van der Waals surface area contributed by atoms with Crippen LogP contribution in [0.1, 0.15) is 35.9 Å². The summed E-state index contributed by atoms with van der Waals surface area (Å²) in [6.45, 7) is 4.09. The molecule has 0 radical (unpaired) electrons. The molecule has 1 N–H and O–H groups in total. The molecule has 0 spiro atoms. The number of methoxy groups -OCH3 is 1. The first-order valence-corrected chi connectivity index (χ1v) is 8.42. The highest BCUT2D eigenvalue weighted by Crippen LogP contribution is 2.24. The van der Waals surface area contributed by atoms with Crippen LogP contribution >= 0.6 is 0 Å². The molecule has 0 fully saturated rings. The lowest BCUT2D eigenvalue weighted by molar-refractivity contribution is 0.101. The van der Waals surface area contributed by atoms with Gasteiger partial charge in [-0.15, -0.1) is 0 Å². The summed E-state index contributed by atoms with van der Waals surface area (Å²) in [5.41, 5.74) is 3.28.